The third-order valence-corrected chi connectivity index (χ3v) is 6.96. The average molecular weight is 517 g/mol. The molecule has 8 heteroatoms. The molecule has 0 saturated heterocycles. The number of hydrogen-bond acceptors (Lipinski definition) is 5. The van der Waals surface area contributed by atoms with Gasteiger partial charge in [-0.25, -0.2) is 4.79 Å². The molecule has 4 N–H and O–H groups in total. The zero-order chi connectivity index (χ0) is 28.7. The Morgan fingerprint density at radius 1 is 1.05 bits per heavy atom. The highest BCUT2D eigenvalue weighted by Gasteiger charge is 2.41. The first kappa shape index (κ1) is 32.3. The van der Waals surface area contributed by atoms with Crippen LogP contribution in [0.2, 0.25) is 0 Å². The van der Waals surface area contributed by atoms with Gasteiger partial charge in [0, 0.05) is 24.6 Å². The molecule has 0 saturated carbocycles. The normalized spacial score (nSPS) is 15.2. The lowest BCUT2D eigenvalue weighted by Crippen LogP contribution is -2.61. The number of likely N-dealkylation sites (N-methyl/N-ethyl adjacent to an activating group) is 2. The number of carbonyl (C=O) groups excluding carboxylic acids is 2. The Hall–Kier alpha value is -2.71. The van der Waals surface area contributed by atoms with E-state index in [0.29, 0.717) is 0 Å². The van der Waals surface area contributed by atoms with E-state index in [9.17, 15) is 19.5 Å². The fourth-order valence-electron chi connectivity index (χ4n) is 4.58. The van der Waals surface area contributed by atoms with E-state index in [-0.39, 0.29) is 23.3 Å². The molecule has 0 aliphatic carbocycles. The highest BCUT2D eigenvalue weighted by Crippen LogP contribution is 2.30. The lowest BCUT2D eigenvalue weighted by atomic mass is 9.76. The zero-order valence-corrected chi connectivity index (χ0v) is 24.5. The van der Waals surface area contributed by atoms with Crippen LogP contribution in [0.25, 0.3) is 0 Å². The molecule has 0 radical (unpaired) electrons. The Labute approximate surface area is 223 Å². The van der Waals surface area contributed by atoms with Gasteiger partial charge in [0.25, 0.3) is 0 Å². The molecule has 1 aromatic carbocycles. The highest BCUT2D eigenvalue weighted by atomic mass is 16.4. The molecule has 1 aromatic rings. The molecule has 2 amide bonds. The number of carboxylic acid groups (broad SMARTS) is 1. The van der Waals surface area contributed by atoms with Gasteiger partial charge >= 0.3 is 5.97 Å². The topological polar surface area (TPSA) is 111 Å². The second kappa shape index (κ2) is 13.2. The summed E-state index contributed by atoms with van der Waals surface area (Å²) in [6.07, 6.45) is 1.60. The van der Waals surface area contributed by atoms with Crippen LogP contribution in [-0.4, -0.2) is 67.1 Å². The lowest BCUT2D eigenvalue weighted by Gasteiger charge is -2.40. The molecule has 0 aliphatic rings. The summed E-state index contributed by atoms with van der Waals surface area (Å²) in [6.45, 7) is 15.9. The van der Waals surface area contributed by atoms with Gasteiger partial charge in [0.1, 0.15) is 6.04 Å². The summed E-state index contributed by atoms with van der Waals surface area (Å²) < 4.78 is 0. The minimum Gasteiger partial charge on any atom is -0.478 e. The first-order valence-electron chi connectivity index (χ1n) is 12.9. The first-order valence-corrected chi connectivity index (χ1v) is 12.9. The molecule has 0 bridgehead atoms. The monoisotopic (exact) mass is 516 g/mol. The molecule has 8 nitrogen and oxygen atoms in total. The number of carbonyl (C=O) groups is 3. The van der Waals surface area contributed by atoms with Crippen molar-refractivity contribution in [3.63, 3.8) is 0 Å². The van der Waals surface area contributed by atoms with Gasteiger partial charge in [-0.05, 0) is 43.5 Å². The van der Waals surface area contributed by atoms with Crippen LogP contribution in [0.1, 0.15) is 66.5 Å². The summed E-state index contributed by atoms with van der Waals surface area (Å²) in [7, 11) is 5.30. The summed E-state index contributed by atoms with van der Waals surface area (Å²) in [5, 5.41) is 18.7. The van der Waals surface area contributed by atoms with Gasteiger partial charge in [-0.2, -0.15) is 0 Å². The second-order valence-electron chi connectivity index (χ2n) is 11.8. The van der Waals surface area contributed by atoms with Crippen LogP contribution in [0.4, 0.5) is 0 Å². The third kappa shape index (κ3) is 8.40. The van der Waals surface area contributed by atoms with E-state index in [0.717, 1.165) is 17.7 Å². The Kier molecular flexibility index (Phi) is 11.5. The molecule has 1 rings (SSSR count). The van der Waals surface area contributed by atoms with E-state index >= 15 is 0 Å². The molecule has 0 aliphatic heterocycles. The molecule has 0 unspecified atom stereocenters. The van der Waals surface area contributed by atoms with Crippen molar-refractivity contribution in [2.24, 2.45) is 11.3 Å². The Morgan fingerprint density at radius 2 is 1.65 bits per heavy atom. The molecule has 0 spiro atoms. The molecular weight excluding hydrogens is 468 g/mol. The van der Waals surface area contributed by atoms with E-state index < -0.39 is 34.9 Å². The van der Waals surface area contributed by atoms with Crippen molar-refractivity contribution in [2.45, 2.75) is 85.5 Å². The Bertz CT molecular complexity index is 978. The van der Waals surface area contributed by atoms with E-state index in [1.807, 2.05) is 73.7 Å². The predicted octanol–water partition coefficient (Wildman–Crippen LogP) is 3.32. The number of aliphatic carboxylic acids is 1. The van der Waals surface area contributed by atoms with Crippen molar-refractivity contribution >= 4 is 17.8 Å². The number of benzene rings is 1. The number of nitrogens with zero attached hydrogens (tertiary/aromatic N) is 1. The Morgan fingerprint density at radius 3 is 2.11 bits per heavy atom. The van der Waals surface area contributed by atoms with Crippen LogP contribution < -0.4 is 16.0 Å². The van der Waals surface area contributed by atoms with Crippen LogP contribution in [0, 0.1) is 11.3 Å². The molecule has 208 valence electrons. The van der Waals surface area contributed by atoms with E-state index in [4.69, 9.17) is 0 Å². The fourth-order valence-corrected chi connectivity index (χ4v) is 4.58. The number of carboxylic acids is 1. The van der Waals surface area contributed by atoms with Gasteiger partial charge in [0.15, 0.2) is 0 Å². The summed E-state index contributed by atoms with van der Waals surface area (Å²) in [5.41, 5.74) is 1.16. The van der Waals surface area contributed by atoms with E-state index in [2.05, 4.69) is 22.0 Å². The van der Waals surface area contributed by atoms with Crippen molar-refractivity contribution in [1.29, 1.82) is 0 Å². The maximum atomic E-state index is 13.8. The van der Waals surface area contributed by atoms with Gasteiger partial charge in [-0.1, -0.05) is 78.8 Å². The van der Waals surface area contributed by atoms with Crippen molar-refractivity contribution in [2.75, 3.05) is 21.1 Å². The summed E-state index contributed by atoms with van der Waals surface area (Å²) >= 11 is 0. The molecule has 0 heterocycles. The van der Waals surface area contributed by atoms with Gasteiger partial charge in [-0.3, -0.25) is 9.59 Å². The highest BCUT2D eigenvalue weighted by molar-refractivity contribution is 5.91. The number of nitrogens with one attached hydrogen (secondary N) is 3. The standard InChI is InChI=1S/C29H48N4O4/c1-18(2)22(15-19(3)27(36)37)33(11)26(35)24(28(4,5)6)32-25(34)23(31-10)29(7,8)21-14-12-13-20(16-21)17-30-9/h12-16,18,22-24,30-31H,17H2,1-11H3,(H,32,34)(H,36,37)/b19-15+/t22-,23-,24-/m1/s1. The number of amides is 2. The fraction of sp³-hybridized carbons (Fsp3) is 0.621. The predicted molar refractivity (Wildman–Crippen MR) is 149 cm³/mol. The minimum absolute atomic E-state index is 0.0200. The summed E-state index contributed by atoms with van der Waals surface area (Å²) in [6, 6.07) is 6.29. The van der Waals surface area contributed by atoms with E-state index in [1.165, 1.54) is 6.92 Å². The largest absolute Gasteiger partial charge is 0.478 e. The van der Waals surface area contributed by atoms with Crippen molar-refractivity contribution in [3.05, 3.63) is 47.0 Å². The van der Waals surface area contributed by atoms with Gasteiger partial charge in [0.05, 0.1) is 12.1 Å². The molecule has 37 heavy (non-hydrogen) atoms. The SMILES string of the molecule is CNCc1cccc(C(C)(C)[C@H](NC)C(=O)N[C@H](C(=O)N(C)[C@H](/C=C(\C)C(=O)O)C(C)C)C(C)(C)C)c1. The molecule has 0 fully saturated rings. The summed E-state index contributed by atoms with van der Waals surface area (Å²) in [4.78, 5) is 40.5. The first-order chi connectivity index (χ1) is 17.0. The van der Waals surface area contributed by atoms with Crippen LogP contribution in [0.15, 0.2) is 35.9 Å². The van der Waals surface area contributed by atoms with Crippen LogP contribution in [0.5, 0.6) is 0 Å². The van der Waals surface area contributed by atoms with Crippen molar-refractivity contribution < 1.29 is 19.5 Å². The van der Waals surface area contributed by atoms with Gasteiger partial charge in [0.2, 0.25) is 11.8 Å². The average Bonchev–Trinajstić information content (AvgIpc) is 2.79. The molecule has 3 atom stereocenters. The lowest BCUT2D eigenvalue weighted by molar-refractivity contribution is -0.141. The maximum Gasteiger partial charge on any atom is 0.331 e. The summed E-state index contributed by atoms with van der Waals surface area (Å²) in [5.74, 6) is -1.58. The second-order valence-corrected chi connectivity index (χ2v) is 11.8. The van der Waals surface area contributed by atoms with Crippen molar-refractivity contribution in [3.8, 4) is 0 Å². The molecular formula is C29H48N4O4. The number of rotatable bonds is 12. The zero-order valence-electron chi connectivity index (χ0n) is 24.5. The van der Waals surface area contributed by atoms with Crippen LogP contribution in [0.3, 0.4) is 0 Å². The quantitative estimate of drug-likeness (QED) is 0.317. The number of hydrogen-bond donors (Lipinski definition) is 4. The Balaban J connectivity index is 3.33. The van der Waals surface area contributed by atoms with Crippen molar-refractivity contribution in [1.82, 2.24) is 20.9 Å². The third-order valence-electron chi connectivity index (χ3n) is 6.96. The van der Waals surface area contributed by atoms with Crippen LogP contribution in [-0.2, 0) is 26.3 Å². The maximum absolute atomic E-state index is 13.8. The van der Waals surface area contributed by atoms with Gasteiger partial charge < -0.3 is 26.0 Å². The van der Waals surface area contributed by atoms with Crippen LogP contribution >= 0.6 is 0 Å². The molecule has 0 aromatic heterocycles. The van der Waals surface area contributed by atoms with E-state index in [1.54, 1.807) is 25.1 Å². The van der Waals surface area contributed by atoms with Gasteiger partial charge in [-0.15, -0.1) is 0 Å². The smallest absolute Gasteiger partial charge is 0.331 e. The minimum atomic E-state index is -1.02.